The van der Waals surface area contributed by atoms with E-state index < -0.39 is 26.0 Å². The third-order valence-electron chi connectivity index (χ3n) is 5.30. The van der Waals surface area contributed by atoms with Crippen molar-refractivity contribution in [2.75, 3.05) is 0 Å². The fourth-order valence-corrected chi connectivity index (χ4v) is 5.39. The number of rotatable bonds is 7. The minimum absolute atomic E-state index is 0.0531. The van der Waals surface area contributed by atoms with E-state index in [2.05, 4.69) is 13.8 Å². The van der Waals surface area contributed by atoms with E-state index in [4.69, 9.17) is 11.5 Å². The summed E-state index contributed by atoms with van der Waals surface area (Å²) in [6.07, 6.45) is 7.64. The van der Waals surface area contributed by atoms with Crippen molar-refractivity contribution < 1.29 is 13.2 Å². The molecule has 0 heterocycles. The minimum Gasteiger partial charge on any atom is -0.322 e. The van der Waals surface area contributed by atoms with Crippen LogP contribution in [0.25, 0.3) is 0 Å². The summed E-state index contributed by atoms with van der Waals surface area (Å²) >= 11 is 0. The Labute approximate surface area is 139 Å². The Kier molecular flexibility index (Phi) is 5.18. The number of nitrogens with two attached hydrogens (primary N) is 2. The molecular formula is C17H28N2O3S. The maximum absolute atomic E-state index is 12.8. The predicted molar refractivity (Wildman–Crippen MR) is 92.3 cm³/mol. The van der Waals surface area contributed by atoms with E-state index in [9.17, 15) is 13.2 Å². The third kappa shape index (κ3) is 3.16. The topological polar surface area (TPSA) is 103 Å². The van der Waals surface area contributed by atoms with E-state index in [1.807, 2.05) is 6.92 Å². The van der Waals surface area contributed by atoms with Crippen molar-refractivity contribution in [3.8, 4) is 0 Å². The van der Waals surface area contributed by atoms with Crippen molar-refractivity contribution >= 4 is 15.6 Å². The van der Waals surface area contributed by atoms with Gasteiger partial charge in [0.25, 0.3) is 0 Å². The zero-order valence-electron chi connectivity index (χ0n) is 14.2. The first-order valence-corrected chi connectivity index (χ1v) is 9.96. The van der Waals surface area contributed by atoms with Gasteiger partial charge in [-0.15, -0.1) is 0 Å². The van der Waals surface area contributed by atoms with Gasteiger partial charge in [0.2, 0.25) is 0 Å². The van der Waals surface area contributed by atoms with E-state index in [-0.39, 0.29) is 17.6 Å². The number of hydrogen-bond acceptors (Lipinski definition) is 5. The van der Waals surface area contributed by atoms with Crippen LogP contribution in [0, 0.1) is 11.8 Å². The van der Waals surface area contributed by atoms with Crippen LogP contribution in [0.5, 0.6) is 0 Å². The number of allylic oxidation sites excluding steroid dienone is 2. The van der Waals surface area contributed by atoms with E-state index in [0.29, 0.717) is 18.4 Å². The van der Waals surface area contributed by atoms with E-state index in [1.165, 1.54) is 6.08 Å². The quantitative estimate of drug-likeness (QED) is 0.734. The Morgan fingerprint density at radius 2 is 1.91 bits per heavy atom. The average Bonchev–Trinajstić information content (AvgIpc) is 3.35. The van der Waals surface area contributed by atoms with Crippen molar-refractivity contribution in [3.63, 3.8) is 0 Å². The number of Topliss-reactive ketones (excluding diaryl/α,β-unsaturated/α-hetero) is 1. The molecule has 23 heavy (non-hydrogen) atoms. The number of ketones is 1. The van der Waals surface area contributed by atoms with Crippen molar-refractivity contribution in [2.24, 2.45) is 23.3 Å². The molecule has 0 amide bonds. The molecular weight excluding hydrogens is 312 g/mol. The second-order valence-corrected chi connectivity index (χ2v) is 9.28. The smallest absolute Gasteiger partial charge is 0.177 e. The molecule has 0 aliphatic heterocycles. The van der Waals surface area contributed by atoms with E-state index >= 15 is 0 Å². The number of hydrogen-bond donors (Lipinski definition) is 2. The van der Waals surface area contributed by atoms with E-state index in [0.717, 1.165) is 12.8 Å². The van der Waals surface area contributed by atoms with Gasteiger partial charge in [-0.25, -0.2) is 8.42 Å². The zero-order valence-corrected chi connectivity index (χ0v) is 15.0. The second kappa shape index (κ2) is 6.49. The Balaban J connectivity index is 2.34. The highest BCUT2D eigenvalue weighted by molar-refractivity contribution is 7.93. The van der Waals surface area contributed by atoms with Crippen LogP contribution in [0.3, 0.4) is 0 Å². The summed E-state index contributed by atoms with van der Waals surface area (Å²) in [5.41, 5.74) is 12.5. The van der Waals surface area contributed by atoms with Crippen LogP contribution in [-0.4, -0.2) is 30.4 Å². The molecule has 3 unspecified atom stereocenters. The molecule has 0 bridgehead atoms. The van der Waals surface area contributed by atoms with Gasteiger partial charge in [-0.05, 0) is 24.8 Å². The summed E-state index contributed by atoms with van der Waals surface area (Å²) < 4.78 is 25.3. The average molecular weight is 340 g/mol. The molecule has 2 aliphatic rings. The van der Waals surface area contributed by atoms with Gasteiger partial charge in [0.05, 0.1) is 11.3 Å². The van der Waals surface area contributed by atoms with Crippen LogP contribution in [0.2, 0.25) is 0 Å². The maximum atomic E-state index is 12.8. The van der Waals surface area contributed by atoms with Crippen LogP contribution in [0.15, 0.2) is 23.8 Å². The molecule has 2 aliphatic carbocycles. The van der Waals surface area contributed by atoms with Crippen molar-refractivity contribution in [2.45, 2.75) is 62.6 Å². The molecule has 1 fully saturated rings. The predicted octanol–water partition coefficient (Wildman–Crippen LogP) is 1.68. The Hall–Kier alpha value is -0.980. The first kappa shape index (κ1) is 18.4. The molecule has 0 aromatic carbocycles. The largest absolute Gasteiger partial charge is 0.322 e. The van der Waals surface area contributed by atoms with Crippen LogP contribution in [0.1, 0.15) is 46.5 Å². The van der Waals surface area contributed by atoms with Gasteiger partial charge in [0.1, 0.15) is 0 Å². The van der Waals surface area contributed by atoms with Crippen LogP contribution < -0.4 is 11.5 Å². The monoisotopic (exact) mass is 340 g/mol. The summed E-state index contributed by atoms with van der Waals surface area (Å²) in [6, 6.07) is -0.826. The molecule has 0 saturated heterocycles. The lowest BCUT2D eigenvalue weighted by molar-refractivity contribution is -0.120. The number of carbonyl (C=O) groups is 1. The van der Waals surface area contributed by atoms with Gasteiger partial charge in [0, 0.05) is 11.5 Å². The van der Waals surface area contributed by atoms with Gasteiger partial charge < -0.3 is 11.5 Å². The fourth-order valence-electron chi connectivity index (χ4n) is 3.31. The van der Waals surface area contributed by atoms with Crippen LogP contribution in [0.4, 0.5) is 0 Å². The Morgan fingerprint density at radius 3 is 2.39 bits per heavy atom. The SMILES string of the molecule is CCC(CC)C(C)C(=O)C1=CC(N)(S(=O)(=O)C2CC2)C(N)C=C1. The van der Waals surface area contributed by atoms with Crippen molar-refractivity contribution in [3.05, 3.63) is 23.8 Å². The van der Waals surface area contributed by atoms with Gasteiger partial charge in [0.15, 0.2) is 20.5 Å². The molecule has 5 nitrogen and oxygen atoms in total. The Bertz CT molecular complexity index is 630. The second-order valence-electron chi connectivity index (χ2n) is 6.81. The van der Waals surface area contributed by atoms with Crippen LogP contribution >= 0.6 is 0 Å². The van der Waals surface area contributed by atoms with Crippen LogP contribution in [-0.2, 0) is 14.6 Å². The minimum atomic E-state index is -3.59. The molecule has 0 spiro atoms. The molecule has 3 atom stereocenters. The van der Waals surface area contributed by atoms with Gasteiger partial charge in [-0.2, -0.15) is 0 Å². The molecule has 0 aromatic heterocycles. The molecule has 0 radical (unpaired) electrons. The highest BCUT2D eigenvalue weighted by Crippen LogP contribution is 2.38. The van der Waals surface area contributed by atoms with Crippen molar-refractivity contribution in [1.82, 2.24) is 0 Å². The van der Waals surface area contributed by atoms with Gasteiger partial charge in [-0.1, -0.05) is 45.8 Å². The van der Waals surface area contributed by atoms with Crippen molar-refractivity contribution in [1.29, 1.82) is 0 Å². The summed E-state index contributed by atoms with van der Waals surface area (Å²) in [4.78, 5) is 11.1. The maximum Gasteiger partial charge on any atom is 0.177 e. The summed E-state index contributed by atoms with van der Waals surface area (Å²) in [5, 5.41) is -0.422. The summed E-state index contributed by atoms with van der Waals surface area (Å²) in [5.74, 6) is 0.0605. The summed E-state index contributed by atoms with van der Waals surface area (Å²) in [6.45, 7) is 6.02. The lowest BCUT2D eigenvalue weighted by atomic mass is 9.82. The number of sulfone groups is 1. The molecule has 1 saturated carbocycles. The molecule has 4 N–H and O–H groups in total. The lowest BCUT2D eigenvalue weighted by Crippen LogP contribution is -2.60. The molecule has 2 rings (SSSR count). The highest BCUT2D eigenvalue weighted by atomic mass is 32.2. The van der Waals surface area contributed by atoms with Gasteiger partial charge >= 0.3 is 0 Å². The summed E-state index contributed by atoms with van der Waals surface area (Å²) in [7, 11) is -3.59. The normalized spacial score (nSPS) is 29.5. The molecule has 6 heteroatoms. The standard InChI is InChI=1S/C17H28N2O3S/c1-4-12(5-2)11(3)16(20)13-6-9-15(18)17(19,10-13)23(21,22)14-7-8-14/h6,9-12,14-15H,4-5,7-8,18-19H2,1-3H3. The molecule has 130 valence electrons. The zero-order chi connectivity index (χ0) is 17.4. The highest BCUT2D eigenvalue weighted by Gasteiger charge is 2.52. The van der Waals surface area contributed by atoms with Gasteiger partial charge in [-0.3, -0.25) is 4.79 Å². The first-order chi connectivity index (χ1) is 10.7. The third-order valence-corrected chi connectivity index (χ3v) is 8.02. The Morgan fingerprint density at radius 1 is 1.35 bits per heavy atom. The first-order valence-electron chi connectivity index (χ1n) is 8.42. The fraction of sp³-hybridized carbons (Fsp3) is 0.706. The molecule has 0 aromatic rings. The lowest BCUT2D eigenvalue weighted by Gasteiger charge is -2.34. The number of carbonyl (C=O) groups excluding carboxylic acids is 1. The van der Waals surface area contributed by atoms with E-state index in [1.54, 1.807) is 12.2 Å².